The number of aryl methyl sites for hydroxylation is 1. The average Bonchev–Trinajstić information content (AvgIpc) is 3.35. The van der Waals surface area contributed by atoms with Crippen LogP contribution in [0.15, 0.2) is 35.8 Å². The Morgan fingerprint density at radius 3 is 2.85 bits per heavy atom. The van der Waals surface area contributed by atoms with Gasteiger partial charge in [-0.3, -0.25) is 9.48 Å². The molecule has 6 nitrogen and oxygen atoms in total. The van der Waals surface area contributed by atoms with Gasteiger partial charge in [-0.15, -0.1) is 11.3 Å². The van der Waals surface area contributed by atoms with Gasteiger partial charge >= 0.3 is 5.97 Å². The molecule has 0 aliphatic heterocycles. The van der Waals surface area contributed by atoms with Gasteiger partial charge in [-0.05, 0) is 42.8 Å². The smallest absolute Gasteiger partial charge is 0.305 e. The molecule has 0 atom stereocenters. The van der Waals surface area contributed by atoms with Crippen LogP contribution in [0.2, 0.25) is 0 Å². The number of fused-ring (bicyclic) bond motifs is 1. The topological polar surface area (TPSA) is 84.6 Å². The molecule has 0 fully saturated rings. The van der Waals surface area contributed by atoms with Crippen molar-refractivity contribution < 1.29 is 19.7 Å². The van der Waals surface area contributed by atoms with E-state index in [-0.39, 0.29) is 13.0 Å². The van der Waals surface area contributed by atoms with Gasteiger partial charge in [-0.2, -0.15) is 5.10 Å². The van der Waals surface area contributed by atoms with Crippen molar-refractivity contribution in [2.45, 2.75) is 32.2 Å². The van der Waals surface area contributed by atoms with E-state index in [2.05, 4.69) is 5.10 Å². The van der Waals surface area contributed by atoms with Crippen molar-refractivity contribution >= 4 is 17.3 Å². The van der Waals surface area contributed by atoms with Crippen LogP contribution < -0.4 is 4.74 Å². The predicted molar refractivity (Wildman–Crippen MR) is 98.0 cm³/mol. The Balaban J connectivity index is 1.71. The molecule has 0 saturated carbocycles. The van der Waals surface area contributed by atoms with Crippen LogP contribution >= 0.6 is 11.3 Å². The van der Waals surface area contributed by atoms with Gasteiger partial charge in [0.25, 0.3) is 0 Å². The summed E-state index contributed by atoms with van der Waals surface area (Å²) in [6.07, 6.45) is 4.35. The van der Waals surface area contributed by atoms with Gasteiger partial charge in [-0.25, -0.2) is 0 Å². The van der Waals surface area contributed by atoms with Crippen LogP contribution in [0.25, 0.3) is 10.6 Å². The number of aromatic nitrogens is 2. The molecule has 0 saturated heterocycles. The van der Waals surface area contributed by atoms with Gasteiger partial charge in [-0.1, -0.05) is 6.07 Å². The number of hydrogen-bond donors (Lipinski definition) is 2. The monoisotopic (exact) mass is 370 g/mol. The van der Waals surface area contributed by atoms with Crippen molar-refractivity contribution in [3.8, 4) is 27.8 Å². The minimum Gasteiger partial charge on any atom is -0.508 e. The number of carboxylic acid groups (broad SMARTS) is 1. The van der Waals surface area contributed by atoms with Crippen molar-refractivity contribution in [3.05, 3.63) is 47.0 Å². The molecule has 0 spiro atoms. The second-order valence-electron chi connectivity index (χ2n) is 6.20. The van der Waals surface area contributed by atoms with Gasteiger partial charge in [0.1, 0.15) is 17.2 Å². The summed E-state index contributed by atoms with van der Waals surface area (Å²) in [4.78, 5) is 11.9. The fourth-order valence-electron chi connectivity index (χ4n) is 3.34. The van der Waals surface area contributed by atoms with Crippen LogP contribution in [-0.4, -0.2) is 26.0 Å². The van der Waals surface area contributed by atoms with Crippen LogP contribution in [0.5, 0.6) is 17.2 Å². The van der Waals surface area contributed by atoms with E-state index < -0.39 is 5.97 Å². The molecule has 4 rings (SSSR count). The Morgan fingerprint density at radius 1 is 1.23 bits per heavy atom. The molecule has 2 aromatic heterocycles. The number of aliphatic carboxylic acids is 1. The maximum Gasteiger partial charge on any atom is 0.305 e. The summed E-state index contributed by atoms with van der Waals surface area (Å²) < 4.78 is 7.86. The molecule has 0 radical (unpaired) electrons. The SMILES string of the molecule is O=C(O)CCn1ncc(Oc2ccc(O)c3c2CCC3)c1-c1cccs1. The number of carbonyl (C=O) groups is 1. The van der Waals surface area contributed by atoms with Gasteiger partial charge in [0.05, 0.1) is 24.0 Å². The molecule has 0 bridgehead atoms. The minimum absolute atomic E-state index is 0.00585. The van der Waals surface area contributed by atoms with Gasteiger partial charge in [0.15, 0.2) is 5.75 Å². The molecule has 0 amide bonds. The van der Waals surface area contributed by atoms with E-state index in [1.807, 2.05) is 17.5 Å². The predicted octanol–water partition coefficient (Wildman–Crippen LogP) is 4.07. The van der Waals surface area contributed by atoms with Crippen molar-refractivity contribution in [2.24, 2.45) is 0 Å². The minimum atomic E-state index is -0.864. The Morgan fingerprint density at radius 2 is 2.08 bits per heavy atom. The maximum absolute atomic E-state index is 10.9. The third-order valence-corrected chi connectivity index (χ3v) is 5.41. The highest BCUT2D eigenvalue weighted by Crippen LogP contribution is 2.41. The van der Waals surface area contributed by atoms with E-state index in [9.17, 15) is 9.90 Å². The largest absolute Gasteiger partial charge is 0.508 e. The van der Waals surface area contributed by atoms with Gasteiger partial charge < -0.3 is 14.9 Å². The highest BCUT2D eigenvalue weighted by atomic mass is 32.1. The molecule has 26 heavy (non-hydrogen) atoms. The summed E-state index contributed by atoms with van der Waals surface area (Å²) in [6, 6.07) is 7.36. The second kappa shape index (κ2) is 6.84. The zero-order chi connectivity index (χ0) is 18.1. The van der Waals surface area contributed by atoms with E-state index in [4.69, 9.17) is 9.84 Å². The Kier molecular flexibility index (Phi) is 4.38. The summed E-state index contributed by atoms with van der Waals surface area (Å²) in [7, 11) is 0. The highest BCUT2D eigenvalue weighted by molar-refractivity contribution is 7.13. The van der Waals surface area contributed by atoms with Crippen LogP contribution in [0.1, 0.15) is 24.0 Å². The quantitative estimate of drug-likeness (QED) is 0.683. The lowest BCUT2D eigenvalue weighted by Crippen LogP contribution is -2.07. The summed E-state index contributed by atoms with van der Waals surface area (Å²) in [5.41, 5.74) is 2.78. The number of phenols is 1. The highest BCUT2D eigenvalue weighted by Gasteiger charge is 2.22. The molecule has 7 heteroatoms. The van der Waals surface area contributed by atoms with Crippen LogP contribution in [0, 0.1) is 0 Å². The molecular formula is C19H18N2O4S. The Hall–Kier alpha value is -2.80. The number of carboxylic acids is 1. The number of ether oxygens (including phenoxy) is 1. The maximum atomic E-state index is 10.9. The molecule has 1 aliphatic rings. The van der Waals surface area contributed by atoms with E-state index in [0.29, 0.717) is 11.5 Å². The third-order valence-electron chi connectivity index (χ3n) is 4.53. The molecular weight excluding hydrogens is 352 g/mol. The normalized spacial score (nSPS) is 12.9. The number of benzene rings is 1. The zero-order valence-electron chi connectivity index (χ0n) is 14.0. The lowest BCUT2D eigenvalue weighted by Gasteiger charge is -2.12. The zero-order valence-corrected chi connectivity index (χ0v) is 14.8. The van der Waals surface area contributed by atoms with Crippen LogP contribution in [0.4, 0.5) is 0 Å². The third kappa shape index (κ3) is 3.06. The number of phenolic OH excluding ortho intramolecular Hbond substituents is 1. The first-order valence-electron chi connectivity index (χ1n) is 8.46. The summed E-state index contributed by atoms with van der Waals surface area (Å²) >= 11 is 1.55. The Labute approximate surface area is 154 Å². The lowest BCUT2D eigenvalue weighted by molar-refractivity contribution is -0.137. The van der Waals surface area contributed by atoms with Crippen molar-refractivity contribution in [1.82, 2.24) is 9.78 Å². The first kappa shape index (κ1) is 16.7. The van der Waals surface area contributed by atoms with Crippen molar-refractivity contribution in [2.75, 3.05) is 0 Å². The average molecular weight is 370 g/mol. The van der Waals surface area contributed by atoms with Crippen molar-refractivity contribution in [1.29, 1.82) is 0 Å². The summed E-state index contributed by atoms with van der Waals surface area (Å²) in [5.74, 6) is 0.778. The molecule has 2 heterocycles. The first-order valence-corrected chi connectivity index (χ1v) is 9.34. The van der Waals surface area contributed by atoms with Gasteiger partial charge in [0, 0.05) is 11.1 Å². The number of hydrogen-bond acceptors (Lipinski definition) is 5. The molecule has 1 aliphatic carbocycles. The molecule has 2 N–H and O–H groups in total. The van der Waals surface area contributed by atoms with Gasteiger partial charge in [0.2, 0.25) is 0 Å². The Bertz CT molecular complexity index is 947. The fourth-order valence-corrected chi connectivity index (χ4v) is 4.12. The fraction of sp³-hybridized carbons (Fsp3) is 0.263. The lowest BCUT2D eigenvalue weighted by atomic mass is 10.1. The number of aromatic hydroxyl groups is 1. The number of rotatable bonds is 6. The molecule has 0 unspecified atom stereocenters. The molecule has 134 valence electrons. The van der Waals surface area contributed by atoms with Crippen LogP contribution in [0.3, 0.4) is 0 Å². The standard InChI is InChI=1S/C19H18N2O4S/c22-14-6-7-15(13-4-1-3-12(13)14)25-16-11-20-21(9-8-18(23)24)19(16)17-5-2-10-26-17/h2,5-7,10-11,22H,1,3-4,8-9H2,(H,23,24). The number of nitrogens with zero attached hydrogens (tertiary/aromatic N) is 2. The van der Waals surface area contributed by atoms with Crippen molar-refractivity contribution in [3.63, 3.8) is 0 Å². The summed E-state index contributed by atoms with van der Waals surface area (Å²) in [6.45, 7) is 0.277. The first-order chi connectivity index (χ1) is 12.6. The number of thiophene rings is 1. The van der Waals surface area contributed by atoms with Crippen LogP contribution in [-0.2, 0) is 24.2 Å². The molecule has 3 aromatic rings. The molecule has 1 aromatic carbocycles. The van der Waals surface area contributed by atoms with E-state index in [1.54, 1.807) is 34.3 Å². The second-order valence-corrected chi connectivity index (χ2v) is 7.14. The van der Waals surface area contributed by atoms with E-state index in [1.165, 1.54) is 0 Å². The van der Waals surface area contributed by atoms with E-state index in [0.717, 1.165) is 46.7 Å². The summed E-state index contributed by atoms with van der Waals surface area (Å²) in [5, 5.41) is 25.3. The van der Waals surface area contributed by atoms with E-state index >= 15 is 0 Å².